The Balaban J connectivity index is 1.95. The molecule has 1 N–H and O–H groups in total. The number of carbonyl (C=O) groups excluding carboxylic acids is 1. The third kappa shape index (κ3) is 4.38. The number of carbonyl (C=O) groups is 1. The molecule has 1 aliphatic carbocycles. The van der Waals surface area contributed by atoms with Gasteiger partial charge in [0.2, 0.25) is 5.91 Å². The Kier molecular flexibility index (Phi) is 5.48. The summed E-state index contributed by atoms with van der Waals surface area (Å²) in [6.45, 7) is 2.28. The van der Waals surface area contributed by atoms with Gasteiger partial charge in [-0.3, -0.25) is 4.79 Å². The molecule has 0 aromatic heterocycles. The highest BCUT2D eigenvalue weighted by Crippen LogP contribution is 2.26. The van der Waals surface area contributed by atoms with E-state index in [0.717, 1.165) is 35.8 Å². The molecule has 21 heavy (non-hydrogen) atoms. The van der Waals surface area contributed by atoms with E-state index in [-0.39, 0.29) is 5.91 Å². The third-order valence-corrected chi connectivity index (χ3v) is 4.22. The van der Waals surface area contributed by atoms with Crippen molar-refractivity contribution in [3.8, 4) is 11.5 Å². The number of benzene rings is 1. The number of nitrogens with one attached hydrogen (secondary N) is 1. The van der Waals surface area contributed by atoms with E-state index in [1.54, 1.807) is 14.2 Å². The summed E-state index contributed by atoms with van der Waals surface area (Å²) in [7, 11) is 3.24. The summed E-state index contributed by atoms with van der Waals surface area (Å²) in [6.07, 6.45) is 4.90. The Morgan fingerprint density at radius 2 is 1.90 bits per heavy atom. The zero-order chi connectivity index (χ0) is 15.2. The van der Waals surface area contributed by atoms with Crippen LogP contribution in [0.3, 0.4) is 0 Å². The summed E-state index contributed by atoms with van der Waals surface area (Å²) in [5.41, 5.74) is 0.860. The van der Waals surface area contributed by atoms with Gasteiger partial charge in [0.1, 0.15) is 11.5 Å². The fraction of sp³-hybridized carbons (Fsp3) is 0.588. The summed E-state index contributed by atoms with van der Waals surface area (Å²) >= 11 is 0. The Morgan fingerprint density at radius 1 is 1.19 bits per heavy atom. The maximum atomic E-state index is 12.2. The van der Waals surface area contributed by atoms with Gasteiger partial charge in [-0.25, -0.2) is 0 Å². The summed E-state index contributed by atoms with van der Waals surface area (Å²) < 4.78 is 10.5. The lowest BCUT2D eigenvalue weighted by molar-refractivity contribution is -0.121. The number of ether oxygens (including phenoxy) is 2. The average Bonchev–Trinajstić information content (AvgIpc) is 2.49. The van der Waals surface area contributed by atoms with Gasteiger partial charge in [-0.05, 0) is 49.8 Å². The van der Waals surface area contributed by atoms with Gasteiger partial charge in [0.15, 0.2) is 0 Å². The summed E-state index contributed by atoms with van der Waals surface area (Å²) in [6, 6.07) is 5.86. The van der Waals surface area contributed by atoms with Crippen molar-refractivity contribution in [2.24, 2.45) is 5.92 Å². The third-order valence-electron chi connectivity index (χ3n) is 4.22. The van der Waals surface area contributed by atoms with E-state index in [0.29, 0.717) is 12.5 Å². The van der Waals surface area contributed by atoms with Gasteiger partial charge in [-0.1, -0.05) is 6.92 Å². The monoisotopic (exact) mass is 291 g/mol. The smallest absolute Gasteiger partial charge is 0.224 e. The second-order valence-corrected chi connectivity index (χ2v) is 5.88. The van der Waals surface area contributed by atoms with Crippen LogP contribution >= 0.6 is 0 Å². The highest BCUT2D eigenvalue weighted by atomic mass is 16.5. The molecule has 0 atom stereocenters. The normalized spacial score (nSPS) is 21.7. The van der Waals surface area contributed by atoms with Gasteiger partial charge in [0.05, 0.1) is 20.6 Å². The van der Waals surface area contributed by atoms with Gasteiger partial charge in [-0.15, -0.1) is 0 Å². The van der Waals surface area contributed by atoms with Gasteiger partial charge in [0.25, 0.3) is 0 Å². The fourth-order valence-corrected chi connectivity index (χ4v) is 2.88. The Bertz CT molecular complexity index is 479. The summed E-state index contributed by atoms with van der Waals surface area (Å²) in [4.78, 5) is 12.2. The van der Waals surface area contributed by atoms with E-state index < -0.39 is 0 Å². The molecule has 0 radical (unpaired) electrons. The van der Waals surface area contributed by atoms with Crippen LogP contribution in [0.5, 0.6) is 11.5 Å². The van der Waals surface area contributed by atoms with Crippen LogP contribution in [0.2, 0.25) is 0 Å². The molecule has 1 saturated carbocycles. The van der Waals surface area contributed by atoms with Crippen molar-refractivity contribution in [2.45, 2.75) is 45.1 Å². The van der Waals surface area contributed by atoms with Crippen molar-refractivity contribution >= 4 is 5.91 Å². The zero-order valence-electron chi connectivity index (χ0n) is 13.1. The van der Waals surface area contributed by atoms with Crippen LogP contribution in [0, 0.1) is 5.92 Å². The fourth-order valence-electron chi connectivity index (χ4n) is 2.88. The van der Waals surface area contributed by atoms with E-state index in [1.807, 2.05) is 18.2 Å². The molecule has 2 rings (SSSR count). The predicted molar refractivity (Wildman–Crippen MR) is 82.8 cm³/mol. The molecule has 1 aromatic rings. The molecule has 1 fully saturated rings. The first-order valence-electron chi connectivity index (χ1n) is 7.62. The number of rotatable bonds is 5. The first-order valence-corrected chi connectivity index (χ1v) is 7.62. The standard InChI is InChI=1S/C17H25NO3/c1-12-4-6-14(7-5-12)18-17(19)11-13-10-15(20-2)8-9-16(13)21-3/h8-10,12,14H,4-7,11H2,1-3H3,(H,18,19). The Morgan fingerprint density at radius 3 is 2.52 bits per heavy atom. The van der Waals surface area contributed by atoms with E-state index >= 15 is 0 Å². The highest BCUT2D eigenvalue weighted by molar-refractivity contribution is 5.79. The van der Waals surface area contributed by atoms with E-state index in [1.165, 1.54) is 12.8 Å². The first kappa shape index (κ1) is 15.7. The topological polar surface area (TPSA) is 47.6 Å². The van der Waals surface area contributed by atoms with Crippen LogP contribution < -0.4 is 14.8 Å². The van der Waals surface area contributed by atoms with Crippen molar-refractivity contribution in [3.05, 3.63) is 23.8 Å². The zero-order valence-corrected chi connectivity index (χ0v) is 13.1. The van der Waals surface area contributed by atoms with Crippen molar-refractivity contribution in [1.82, 2.24) is 5.32 Å². The number of hydrogen-bond donors (Lipinski definition) is 1. The Labute approximate surface area is 126 Å². The summed E-state index contributed by atoms with van der Waals surface area (Å²) in [5.74, 6) is 2.31. The quantitative estimate of drug-likeness (QED) is 0.907. The lowest BCUT2D eigenvalue weighted by Gasteiger charge is -2.27. The van der Waals surface area contributed by atoms with Crippen molar-refractivity contribution in [3.63, 3.8) is 0 Å². The Hall–Kier alpha value is -1.71. The van der Waals surface area contributed by atoms with Crippen LogP contribution in [0.1, 0.15) is 38.2 Å². The average molecular weight is 291 g/mol. The van der Waals surface area contributed by atoms with Crippen LogP contribution in [0.15, 0.2) is 18.2 Å². The van der Waals surface area contributed by atoms with E-state index in [4.69, 9.17) is 9.47 Å². The van der Waals surface area contributed by atoms with Gasteiger partial charge < -0.3 is 14.8 Å². The molecular formula is C17H25NO3. The van der Waals surface area contributed by atoms with Crippen molar-refractivity contribution in [1.29, 1.82) is 0 Å². The largest absolute Gasteiger partial charge is 0.497 e. The molecule has 0 aliphatic heterocycles. The maximum absolute atomic E-state index is 12.2. The summed E-state index contributed by atoms with van der Waals surface area (Å²) in [5, 5.41) is 3.14. The van der Waals surface area contributed by atoms with Gasteiger partial charge >= 0.3 is 0 Å². The molecule has 1 aliphatic rings. The number of hydrogen-bond acceptors (Lipinski definition) is 3. The number of methoxy groups -OCH3 is 2. The van der Waals surface area contributed by atoms with Crippen molar-refractivity contribution < 1.29 is 14.3 Å². The molecule has 116 valence electrons. The maximum Gasteiger partial charge on any atom is 0.224 e. The minimum atomic E-state index is 0.0566. The van der Waals surface area contributed by atoms with Gasteiger partial charge in [-0.2, -0.15) is 0 Å². The molecule has 1 amide bonds. The molecule has 4 heteroatoms. The molecule has 0 spiro atoms. The van der Waals surface area contributed by atoms with Gasteiger partial charge in [0, 0.05) is 11.6 Å². The molecule has 0 unspecified atom stereocenters. The lowest BCUT2D eigenvalue weighted by Crippen LogP contribution is -2.38. The second-order valence-electron chi connectivity index (χ2n) is 5.88. The molecule has 0 heterocycles. The van der Waals surface area contributed by atoms with E-state index in [9.17, 15) is 4.79 Å². The van der Waals surface area contributed by atoms with Crippen molar-refractivity contribution in [2.75, 3.05) is 14.2 Å². The highest BCUT2D eigenvalue weighted by Gasteiger charge is 2.20. The van der Waals surface area contributed by atoms with E-state index in [2.05, 4.69) is 12.2 Å². The lowest BCUT2D eigenvalue weighted by atomic mass is 9.87. The van der Waals surface area contributed by atoms with Crippen LogP contribution in [-0.2, 0) is 11.2 Å². The first-order chi connectivity index (χ1) is 10.1. The van der Waals surface area contributed by atoms with Crippen LogP contribution in [-0.4, -0.2) is 26.2 Å². The van der Waals surface area contributed by atoms with Crippen LogP contribution in [0.4, 0.5) is 0 Å². The minimum absolute atomic E-state index is 0.0566. The molecule has 1 aromatic carbocycles. The molecular weight excluding hydrogens is 266 g/mol. The second kappa shape index (κ2) is 7.34. The predicted octanol–water partition coefficient (Wildman–Crippen LogP) is 2.94. The molecule has 4 nitrogen and oxygen atoms in total. The molecule has 0 saturated heterocycles. The van der Waals surface area contributed by atoms with Crippen LogP contribution in [0.25, 0.3) is 0 Å². The number of amides is 1. The molecule has 0 bridgehead atoms. The SMILES string of the molecule is COc1ccc(OC)c(CC(=O)NC2CCC(C)CC2)c1. The minimum Gasteiger partial charge on any atom is -0.497 e.